The van der Waals surface area contributed by atoms with Crippen LogP contribution >= 0.6 is 0 Å². The van der Waals surface area contributed by atoms with Crippen molar-refractivity contribution in [3.8, 4) is 17.0 Å². The van der Waals surface area contributed by atoms with E-state index in [4.69, 9.17) is 9.15 Å². The maximum absolute atomic E-state index is 15.0. The average molecular weight is 505 g/mol. The molecule has 0 radical (unpaired) electrons. The monoisotopic (exact) mass is 504 g/mol. The Morgan fingerprint density at radius 2 is 1.81 bits per heavy atom. The minimum Gasteiger partial charge on any atom is -0.486 e. The zero-order valence-corrected chi connectivity index (χ0v) is 21.1. The second-order valence-corrected chi connectivity index (χ2v) is 10.1. The highest BCUT2D eigenvalue weighted by Gasteiger charge is 2.26. The summed E-state index contributed by atoms with van der Waals surface area (Å²) >= 11 is 0. The second kappa shape index (κ2) is 9.65. The topological polar surface area (TPSA) is 54.6 Å². The van der Waals surface area contributed by atoms with Crippen LogP contribution < -0.4 is 14.5 Å². The molecule has 1 saturated heterocycles. The molecule has 0 spiro atoms. The third-order valence-corrected chi connectivity index (χ3v) is 7.28. The van der Waals surface area contributed by atoms with Gasteiger partial charge >= 0.3 is 0 Å². The molecule has 6 nitrogen and oxygen atoms in total. The molecule has 0 N–H and O–H groups in total. The van der Waals surface area contributed by atoms with Crippen molar-refractivity contribution < 1.29 is 17.9 Å². The lowest BCUT2D eigenvalue weighted by molar-refractivity contribution is 0.287. The van der Waals surface area contributed by atoms with Crippen molar-refractivity contribution in [2.75, 3.05) is 36.0 Å². The van der Waals surface area contributed by atoms with E-state index < -0.39 is 11.6 Å². The Hall–Kier alpha value is -3.68. The number of hydrogen-bond donors (Lipinski definition) is 0. The van der Waals surface area contributed by atoms with Crippen molar-refractivity contribution in [3.63, 3.8) is 0 Å². The maximum atomic E-state index is 15.0. The lowest BCUT2D eigenvalue weighted by Crippen LogP contribution is -2.38. The van der Waals surface area contributed by atoms with E-state index in [-0.39, 0.29) is 17.5 Å². The number of furan rings is 1. The zero-order chi connectivity index (χ0) is 25.5. The van der Waals surface area contributed by atoms with Gasteiger partial charge in [-0.25, -0.2) is 18.7 Å². The van der Waals surface area contributed by atoms with Crippen LogP contribution in [0.15, 0.2) is 47.2 Å². The van der Waals surface area contributed by atoms with Crippen molar-refractivity contribution in [2.45, 2.75) is 45.6 Å². The summed E-state index contributed by atoms with van der Waals surface area (Å²) in [5.74, 6) is -0.438. The normalized spacial score (nSPS) is 15.8. The molecule has 8 heteroatoms. The Balaban J connectivity index is 1.33. The highest BCUT2D eigenvalue weighted by atomic mass is 19.1. The second-order valence-electron chi connectivity index (χ2n) is 10.1. The predicted molar refractivity (Wildman–Crippen MR) is 140 cm³/mol. The highest BCUT2D eigenvalue weighted by molar-refractivity contribution is 5.91. The van der Waals surface area contributed by atoms with Crippen LogP contribution in [0.2, 0.25) is 0 Å². The molecule has 1 fully saturated rings. The first kappa shape index (κ1) is 23.7. The van der Waals surface area contributed by atoms with Gasteiger partial charge in [0.15, 0.2) is 17.4 Å². The third-order valence-electron chi connectivity index (χ3n) is 7.28. The molecule has 192 valence electrons. The van der Waals surface area contributed by atoms with Crippen LogP contribution in [0.25, 0.3) is 22.2 Å². The number of hydrogen-bond acceptors (Lipinski definition) is 6. The molecule has 0 atom stereocenters. The van der Waals surface area contributed by atoms with E-state index in [0.29, 0.717) is 36.6 Å². The SMILES string of the molecule is CC(C)N1CCOc2c(F)cc(-c3nc(Cc4ccc5occ(N6CCCCC6)c5c4)ncc3F)cc21. The van der Waals surface area contributed by atoms with Gasteiger partial charge in [0.05, 0.1) is 24.1 Å². The number of fused-ring (bicyclic) bond motifs is 2. The molecule has 37 heavy (non-hydrogen) atoms. The summed E-state index contributed by atoms with van der Waals surface area (Å²) in [5, 5.41) is 1.06. The van der Waals surface area contributed by atoms with Crippen LogP contribution in [-0.2, 0) is 6.42 Å². The lowest BCUT2D eigenvalue weighted by atomic mass is 10.1. The van der Waals surface area contributed by atoms with Crippen molar-refractivity contribution in [1.29, 1.82) is 0 Å². The van der Waals surface area contributed by atoms with E-state index in [0.717, 1.165) is 35.3 Å². The van der Waals surface area contributed by atoms with Gasteiger partial charge in [-0.1, -0.05) is 6.07 Å². The van der Waals surface area contributed by atoms with E-state index in [1.54, 1.807) is 6.07 Å². The molecule has 2 aromatic heterocycles. The molecule has 0 saturated carbocycles. The maximum Gasteiger partial charge on any atom is 0.178 e. The Kier molecular flexibility index (Phi) is 6.18. The number of benzene rings is 2. The summed E-state index contributed by atoms with van der Waals surface area (Å²) < 4.78 is 41.3. The van der Waals surface area contributed by atoms with Gasteiger partial charge in [0, 0.05) is 36.5 Å². The van der Waals surface area contributed by atoms with Crippen LogP contribution in [0.1, 0.15) is 44.5 Å². The summed E-state index contributed by atoms with van der Waals surface area (Å²) in [4.78, 5) is 13.2. The van der Waals surface area contributed by atoms with Gasteiger partial charge in [-0.3, -0.25) is 0 Å². The van der Waals surface area contributed by atoms with Gasteiger partial charge < -0.3 is 19.0 Å². The van der Waals surface area contributed by atoms with E-state index >= 15 is 4.39 Å². The van der Waals surface area contributed by atoms with Crippen molar-refractivity contribution in [3.05, 3.63) is 65.8 Å². The summed E-state index contributed by atoms with van der Waals surface area (Å²) in [6, 6.07) is 9.24. The third kappa shape index (κ3) is 4.49. The Bertz CT molecular complexity index is 1450. The lowest BCUT2D eigenvalue weighted by Gasteiger charge is -2.34. The van der Waals surface area contributed by atoms with Gasteiger partial charge in [-0.2, -0.15) is 0 Å². The van der Waals surface area contributed by atoms with Crippen LogP contribution in [0.3, 0.4) is 0 Å². The molecule has 4 aromatic rings. The molecule has 0 amide bonds. The molecule has 0 aliphatic carbocycles. The molecule has 4 heterocycles. The van der Waals surface area contributed by atoms with Gasteiger partial charge in [-0.15, -0.1) is 0 Å². The van der Waals surface area contributed by atoms with Gasteiger partial charge in [0.25, 0.3) is 0 Å². The molecular weight excluding hydrogens is 474 g/mol. The van der Waals surface area contributed by atoms with E-state index in [9.17, 15) is 4.39 Å². The first-order valence-corrected chi connectivity index (χ1v) is 13.0. The van der Waals surface area contributed by atoms with Crippen molar-refractivity contribution in [2.24, 2.45) is 0 Å². The van der Waals surface area contributed by atoms with E-state index in [1.807, 2.05) is 32.2 Å². The fraction of sp³-hybridized carbons (Fsp3) is 0.379. The molecule has 6 rings (SSSR count). The Morgan fingerprint density at radius 1 is 0.973 bits per heavy atom. The van der Waals surface area contributed by atoms with Gasteiger partial charge in [0.1, 0.15) is 30.0 Å². The number of ether oxygens (including phenoxy) is 1. The fourth-order valence-electron chi connectivity index (χ4n) is 5.40. The first-order valence-electron chi connectivity index (χ1n) is 13.0. The average Bonchev–Trinajstić information content (AvgIpc) is 3.33. The standard InChI is InChI=1S/C29H30F2N4O2/c1-18(2)35-10-11-36-29-22(30)14-20(15-24(29)35)28-23(31)16-32-27(33-28)13-19-6-7-26-21(12-19)25(17-37-26)34-8-4-3-5-9-34/h6-7,12,14-18H,3-5,8-11,13H2,1-2H3. The Morgan fingerprint density at radius 3 is 2.62 bits per heavy atom. The molecule has 2 aliphatic heterocycles. The quantitative estimate of drug-likeness (QED) is 0.315. The number of piperidine rings is 1. The summed E-state index contributed by atoms with van der Waals surface area (Å²) in [6.45, 7) is 7.18. The first-order chi connectivity index (χ1) is 18.0. The number of aromatic nitrogens is 2. The summed E-state index contributed by atoms with van der Waals surface area (Å²) in [6.07, 6.45) is 7.05. The van der Waals surface area contributed by atoms with Gasteiger partial charge in [-0.05, 0) is 62.9 Å². The zero-order valence-electron chi connectivity index (χ0n) is 21.1. The van der Waals surface area contributed by atoms with Crippen molar-refractivity contribution in [1.82, 2.24) is 9.97 Å². The number of halogens is 2. The highest BCUT2D eigenvalue weighted by Crippen LogP contribution is 2.39. The van der Waals surface area contributed by atoms with Crippen molar-refractivity contribution >= 4 is 22.3 Å². The Labute approximate surface area is 214 Å². The largest absolute Gasteiger partial charge is 0.486 e. The summed E-state index contributed by atoms with van der Waals surface area (Å²) in [5.41, 5.74) is 4.02. The molecule has 0 unspecified atom stereocenters. The van der Waals surface area contributed by atoms with Gasteiger partial charge in [0.2, 0.25) is 0 Å². The van der Waals surface area contributed by atoms with Crippen LogP contribution in [0.5, 0.6) is 5.75 Å². The molecule has 2 aromatic carbocycles. The van der Waals surface area contributed by atoms with Crippen LogP contribution in [-0.4, -0.2) is 42.3 Å². The van der Waals surface area contributed by atoms with E-state index in [2.05, 4.69) is 25.8 Å². The van der Waals surface area contributed by atoms with Crippen LogP contribution in [0.4, 0.5) is 20.2 Å². The molecule has 2 aliphatic rings. The fourth-order valence-corrected chi connectivity index (χ4v) is 5.40. The smallest absolute Gasteiger partial charge is 0.178 e. The van der Waals surface area contributed by atoms with Crippen LogP contribution in [0, 0.1) is 11.6 Å². The minimum atomic E-state index is -0.589. The number of anilines is 2. The number of nitrogens with zero attached hydrogens (tertiary/aromatic N) is 4. The minimum absolute atomic E-state index is 0.0828. The number of rotatable bonds is 5. The molecule has 0 bridgehead atoms. The van der Waals surface area contributed by atoms with E-state index in [1.165, 1.54) is 31.5 Å². The predicted octanol–water partition coefficient (Wildman–Crippen LogP) is 6.36. The summed E-state index contributed by atoms with van der Waals surface area (Å²) in [7, 11) is 0. The molecular formula is C29H30F2N4O2.